The molecule has 3 nitrogen and oxygen atoms in total. The smallest absolute Gasteiger partial charge is 0.174 e. The second kappa shape index (κ2) is 6.33. The number of hydrogen-bond acceptors (Lipinski definition) is 3. The van der Waals surface area contributed by atoms with Crippen LogP contribution in [0, 0.1) is 6.92 Å². The van der Waals surface area contributed by atoms with E-state index in [2.05, 4.69) is 6.92 Å². The fourth-order valence-corrected chi connectivity index (χ4v) is 2.16. The summed E-state index contributed by atoms with van der Waals surface area (Å²) >= 11 is 0. The third-order valence-corrected chi connectivity index (χ3v) is 3.29. The van der Waals surface area contributed by atoms with Crippen LogP contribution in [-0.4, -0.2) is 11.6 Å². The Kier molecular flexibility index (Phi) is 4.51. The van der Waals surface area contributed by atoms with Crippen molar-refractivity contribution in [1.29, 1.82) is 0 Å². The first-order valence-corrected chi connectivity index (χ1v) is 6.81. The van der Waals surface area contributed by atoms with Crippen molar-refractivity contribution in [2.75, 3.05) is 0 Å². The van der Waals surface area contributed by atoms with E-state index in [4.69, 9.17) is 4.42 Å². The summed E-state index contributed by atoms with van der Waals surface area (Å²) in [6.07, 6.45) is 3.42. The Bertz CT molecular complexity index is 605. The van der Waals surface area contributed by atoms with Crippen molar-refractivity contribution >= 4 is 11.6 Å². The molecule has 1 heterocycles. The Balaban J connectivity index is 2.05. The van der Waals surface area contributed by atoms with Crippen LogP contribution >= 0.6 is 0 Å². The van der Waals surface area contributed by atoms with Crippen LogP contribution in [0.3, 0.4) is 0 Å². The van der Waals surface area contributed by atoms with E-state index in [1.807, 2.05) is 12.1 Å². The molecule has 0 atom stereocenters. The molecule has 2 rings (SSSR count). The van der Waals surface area contributed by atoms with Gasteiger partial charge in [-0.25, -0.2) is 0 Å². The monoisotopic (exact) mass is 270 g/mol. The molecule has 0 radical (unpaired) electrons. The molecule has 0 unspecified atom stereocenters. The fourth-order valence-electron chi connectivity index (χ4n) is 2.16. The zero-order valence-electron chi connectivity index (χ0n) is 11.8. The van der Waals surface area contributed by atoms with Gasteiger partial charge in [0.15, 0.2) is 11.6 Å². The van der Waals surface area contributed by atoms with Gasteiger partial charge in [0.25, 0.3) is 0 Å². The van der Waals surface area contributed by atoms with Gasteiger partial charge in [-0.3, -0.25) is 9.59 Å². The SMILES string of the molecule is CCCc1ccc(C(=O)CC(=O)c2ccoc2C)cc1. The standard InChI is InChI=1S/C17H18O3/c1-3-4-13-5-7-14(8-6-13)16(18)11-17(19)15-9-10-20-12(15)2/h5-10H,3-4,11H2,1-2H3. The average molecular weight is 270 g/mol. The number of benzene rings is 1. The number of rotatable bonds is 6. The van der Waals surface area contributed by atoms with Crippen LogP contribution < -0.4 is 0 Å². The first kappa shape index (κ1) is 14.3. The fraction of sp³-hybridized carbons (Fsp3) is 0.294. The predicted molar refractivity (Wildman–Crippen MR) is 77.2 cm³/mol. The van der Waals surface area contributed by atoms with Crippen LogP contribution in [0.2, 0.25) is 0 Å². The van der Waals surface area contributed by atoms with Gasteiger partial charge >= 0.3 is 0 Å². The van der Waals surface area contributed by atoms with Crippen LogP contribution in [0.1, 0.15) is 51.8 Å². The lowest BCUT2D eigenvalue weighted by Gasteiger charge is -2.03. The minimum absolute atomic E-state index is 0.118. The molecule has 0 spiro atoms. The summed E-state index contributed by atoms with van der Waals surface area (Å²) in [6, 6.07) is 9.09. The lowest BCUT2D eigenvalue weighted by atomic mass is 10.0. The van der Waals surface area contributed by atoms with Crippen molar-refractivity contribution in [3.63, 3.8) is 0 Å². The Labute approximate surface area is 118 Å². The van der Waals surface area contributed by atoms with Crippen LogP contribution in [0.4, 0.5) is 0 Å². The summed E-state index contributed by atoms with van der Waals surface area (Å²) in [4.78, 5) is 24.1. The third kappa shape index (κ3) is 3.23. The molecule has 0 saturated heterocycles. The van der Waals surface area contributed by atoms with Gasteiger partial charge in [-0.2, -0.15) is 0 Å². The van der Waals surface area contributed by atoms with E-state index in [1.165, 1.54) is 11.8 Å². The van der Waals surface area contributed by atoms with E-state index in [-0.39, 0.29) is 18.0 Å². The number of hydrogen-bond donors (Lipinski definition) is 0. The Morgan fingerprint density at radius 1 is 1.05 bits per heavy atom. The van der Waals surface area contributed by atoms with Crippen LogP contribution in [0.5, 0.6) is 0 Å². The second-order valence-corrected chi connectivity index (χ2v) is 4.86. The Hall–Kier alpha value is -2.16. The molecule has 0 N–H and O–H groups in total. The Morgan fingerprint density at radius 3 is 2.30 bits per heavy atom. The molecule has 3 heteroatoms. The quantitative estimate of drug-likeness (QED) is 0.589. The summed E-state index contributed by atoms with van der Waals surface area (Å²) in [5, 5.41) is 0. The zero-order chi connectivity index (χ0) is 14.5. The summed E-state index contributed by atoms with van der Waals surface area (Å²) in [5.41, 5.74) is 2.28. The lowest BCUT2D eigenvalue weighted by molar-refractivity contribution is 0.0893. The number of Topliss-reactive ketones (excluding diaryl/α,β-unsaturated/α-hetero) is 2. The highest BCUT2D eigenvalue weighted by Gasteiger charge is 2.16. The minimum atomic E-state index is -0.195. The molecule has 0 aliphatic heterocycles. The van der Waals surface area contributed by atoms with E-state index in [1.54, 1.807) is 25.1 Å². The molecule has 0 fully saturated rings. The molecular weight excluding hydrogens is 252 g/mol. The van der Waals surface area contributed by atoms with Gasteiger partial charge in [-0.15, -0.1) is 0 Å². The van der Waals surface area contributed by atoms with Gasteiger partial charge in [0.05, 0.1) is 18.2 Å². The van der Waals surface area contributed by atoms with Gasteiger partial charge < -0.3 is 4.42 Å². The summed E-state index contributed by atoms with van der Waals surface area (Å²) in [6.45, 7) is 3.84. The highest BCUT2D eigenvalue weighted by molar-refractivity contribution is 6.13. The highest BCUT2D eigenvalue weighted by atomic mass is 16.3. The van der Waals surface area contributed by atoms with Crippen molar-refractivity contribution in [2.24, 2.45) is 0 Å². The number of furan rings is 1. The van der Waals surface area contributed by atoms with Crippen molar-refractivity contribution in [2.45, 2.75) is 33.1 Å². The van der Waals surface area contributed by atoms with Gasteiger partial charge in [0, 0.05) is 5.56 Å². The number of carbonyl (C=O) groups is 2. The van der Waals surface area contributed by atoms with E-state index in [0.29, 0.717) is 16.9 Å². The molecular formula is C17H18O3. The first-order chi connectivity index (χ1) is 9.61. The molecule has 0 aliphatic carbocycles. The first-order valence-electron chi connectivity index (χ1n) is 6.81. The van der Waals surface area contributed by atoms with Gasteiger partial charge in [0.1, 0.15) is 5.76 Å². The second-order valence-electron chi connectivity index (χ2n) is 4.86. The zero-order valence-corrected chi connectivity index (χ0v) is 11.8. The normalized spacial score (nSPS) is 10.5. The number of carbonyl (C=O) groups excluding carboxylic acids is 2. The third-order valence-electron chi connectivity index (χ3n) is 3.29. The maximum atomic E-state index is 12.1. The van der Waals surface area contributed by atoms with E-state index >= 15 is 0 Å². The van der Waals surface area contributed by atoms with Gasteiger partial charge in [-0.05, 0) is 25.0 Å². The van der Waals surface area contributed by atoms with Crippen molar-refractivity contribution in [3.8, 4) is 0 Å². The van der Waals surface area contributed by atoms with Crippen LogP contribution in [0.25, 0.3) is 0 Å². The van der Waals surface area contributed by atoms with E-state index < -0.39 is 0 Å². The summed E-state index contributed by atoms with van der Waals surface area (Å²) < 4.78 is 5.08. The minimum Gasteiger partial charge on any atom is -0.469 e. The number of ketones is 2. The Morgan fingerprint density at radius 2 is 1.75 bits per heavy atom. The molecule has 0 aliphatic rings. The molecule has 0 saturated carbocycles. The maximum absolute atomic E-state index is 12.1. The molecule has 104 valence electrons. The highest BCUT2D eigenvalue weighted by Crippen LogP contribution is 2.14. The van der Waals surface area contributed by atoms with Crippen LogP contribution in [0.15, 0.2) is 41.0 Å². The van der Waals surface area contributed by atoms with Crippen molar-refractivity contribution in [3.05, 3.63) is 59.0 Å². The molecule has 20 heavy (non-hydrogen) atoms. The summed E-state index contributed by atoms with van der Waals surface area (Å²) in [5.74, 6) is 0.207. The summed E-state index contributed by atoms with van der Waals surface area (Å²) in [7, 11) is 0. The molecule has 0 amide bonds. The molecule has 1 aromatic heterocycles. The van der Waals surface area contributed by atoms with Crippen LogP contribution in [-0.2, 0) is 6.42 Å². The average Bonchev–Trinajstić information content (AvgIpc) is 2.86. The molecule has 2 aromatic rings. The topological polar surface area (TPSA) is 47.3 Å². The predicted octanol–water partition coefficient (Wildman–Crippen LogP) is 4.00. The number of aryl methyl sites for hydroxylation is 2. The molecule has 0 bridgehead atoms. The maximum Gasteiger partial charge on any atom is 0.174 e. The van der Waals surface area contributed by atoms with E-state index in [0.717, 1.165) is 12.8 Å². The van der Waals surface area contributed by atoms with Gasteiger partial charge in [-0.1, -0.05) is 37.6 Å². The van der Waals surface area contributed by atoms with Crippen molar-refractivity contribution in [1.82, 2.24) is 0 Å². The van der Waals surface area contributed by atoms with E-state index in [9.17, 15) is 9.59 Å². The lowest BCUT2D eigenvalue weighted by Crippen LogP contribution is -2.09. The van der Waals surface area contributed by atoms with Crippen molar-refractivity contribution < 1.29 is 14.0 Å². The van der Waals surface area contributed by atoms with Gasteiger partial charge in [0.2, 0.25) is 0 Å². The molecule has 1 aromatic carbocycles. The largest absolute Gasteiger partial charge is 0.469 e.